The van der Waals surface area contributed by atoms with Crippen molar-refractivity contribution < 1.29 is 47.8 Å². The van der Waals surface area contributed by atoms with E-state index in [1.807, 2.05) is 0 Å². The molecule has 0 saturated carbocycles. The number of esters is 2. The first-order valence-electron chi connectivity index (χ1n) is 21.0. The van der Waals surface area contributed by atoms with Crippen molar-refractivity contribution in [3.8, 4) is 0 Å². The molecule has 0 radical (unpaired) electrons. The summed E-state index contributed by atoms with van der Waals surface area (Å²) in [4.78, 5) is 34.9. The molecule has 0 aliphatic rings. The lowest BCUT2D eigenvalue weighted by atomic mass is 10.0. The second kappa shape index (κ2) is 37.3. The Morgan fingerprint density at radius 1 is 0.510 bits per heavy atom. The van der Waals surface area contributed by atoms with E-state index < -0.39 is 51.8 Å². The van der Waals surface area contributed by atoms with Gasteiger partial charge >= 0.3 is 19.8 Å². The average Bonchev–Trinajstić information content (AvgIpc) is 3.12. The number of aliphatic hydroxyl groups is 2. The van der Waals surface area contributed by atoms with E-state index in [0.717, 1.165) is 38.5 Å². The molecule has 0 bridgehead atoms. The Kier molecular flexibility index (Phi) is 36.5. The number of phosphoric acid groups is 1. The lowest BCUT2D eigenvalue weighted by Gasteiger charge is -2.20. The minimum atomic E-state index is -4.60. The quantitative estimate of drug-likeness (QED) is 0.0314. The Morgan fingerprint density at radius 3 is 1.22 bits per heavy atom. The van der Waals surface area contributed by atoms with Crippen LogP contribution in [0.3, 0.4) is 0 Å². The molecule has 1 unspecified atom stereocenters. The van der Waals surface area contributed by atoms with Gasteiger partial charge in [0, 0.05) is 12.8 Å². The van der Waals surface area contributed by atoms with Crippen LogP contribution in [-0.2, 0) is 32.7 Å². The van der Waals surface area contributed by atoms with Crippen molar-refractivity contribution in [2.24, 2.45) is 0 Å². The molecule has 0 rings (SSSR count). The molecule has 51 heavy (non-hydrogen) atoms. The molecule has 0 saturated heterocycles. The number of carbonyl (C=O) groups is 2. The van der Waals surface area contributed by atoms with Crippen molar-refractivity contribution in [1.29, 1.82) is 0 Å². The van der Waals surface area contributed by atoms with E-state index >= 15 is 0 Å². The van der Waals surface area contributed by atoms with Crippen LogP contribution in [0.1, 0.15) is 206 Å². The number of hydrogen-bond acceptors (Lipinski definition) is 9. The lowest BCUT2D eigenvalue weighted by Crippen LogP contribution is -2.29. The summed E-state index contributed by atoms with van der Waals surface area (Å²) >= 11 is 0. The summed E-state index contributed by atoms with van der Waals surface area (Å²) in [7, 11) is -4.60. The molecule has 3 atom stereocenters. The van der Waals surface area contributed by atoms with Gasteiger partial charge in [0.1, 0.15) is 12.7 Å². The van der Waals surface area contributed by atoms with Gasteiger partial charge in [0.25, 0.3) is 0 Å². The van der Waals surface area contributed by atoms with Crippen LogP contribution in [0.5, 0.6) is 0 Å². The molecular weight excluding hydrogens is 671 g/mol. The Morgan fingerprint density at radius 2 is 0.843 bits per heavy atom. The second-order valence-corrected chi connectivity index (χ2v) is 15.8. The van der Waals surface area contributed by atoms with E-state index in [-0.39, 0.29) is 19.4 Å². The van der Waals surface area contributed by atoms with Gasteiger partial charge in [-0.1, -0.05) is 181 Å². The molecule has 3 N–H and O–H groups in total. The van der Waals surface area contributed by atoms with Gasteiger partial charge in [-0.25, -0.2) is 4.57 Å². The first kappa shape index (κ1) is 50.0. The molecule has 0 aromatic heterocycles. The highest BCUT2D eigenvalue weighted by atomic mass is 31.2. The van der Waals surface area contributed by atoms with Gasteiger partial charge in [0.15, 0.2) is 6.10 Å². The van der Waals surface area contributed by atoms with Gasteiger partial charge < -0.3 is 24.6 Å². The zero-order valence-corrected chi connectivity index (χ0v) is 33.7. The maximum atomic E-state index is 12.6. The van der Waals surface area contributed by atoms with Crippen LogP contribution in [0.2, 0.25) is 0 Å². The van der Waals surface area contributed by atoms with Crippen LogP contribution in [0.15, 0.2) is 0 Å². The summed E-state index contributed by atoms with van der Waals surface area (Å²) in [6.07, 6.45) is 32.1. The SMILES string of the molecule is CCCCCCCCCCCCCCCCCC(=O)O[C@H](COC(=O)CCCCCCCCCCCCCCC)COP(=O)(O)OC[C@@H](O)CO. The Balaban J connectivity index is 4.28. The van der Waals surface area contributed by atoms with Crippen molar-refractivity contribution in [3.63, 3.8) is 0 Å². The standard InChI is InChI=1S/C40H79O10P/c1-3-5-7-9-11-13-15-17-18-20-22-24-26-28-30-32-40(44)50-38(36-49-51(45,46)48-34-37(42)33-41)35-47-39(43)31-29-27-25-23-21-19-16-14-12-10-8-6-4-2/h37-38,41-42H,3-36H2,1-2H3,(H,45,46)/t37-,38+/m0/s1. The molecule has 0 aliphatic carbocycles. The third kappa shape index (κ3) is 37.1. The monoisotopic (exact) mass is 751 g/mol. The summed E-state index contributed by atoms with van der Waals surface area (Å²) in [6, 6.07) is 0. The van der Waals surface area contributed by atoms with E-state index in [9.17, 15) is 24.2 Å². The molecule has 0 aromatic rings. The zero-order chi connectivity index (χ0) is 37.7. The number of aliphatic hydroxyl groups excluding tert-OH is 2. The highest BCUT2D eigenvalue weighted by Gasteiger charge is 2.27. The predicted molar refractivity (Wildman–Crippen MR) is 206 cm³/mol. The highest BCUT2D eigenvalue weighted by molar-refractivity contribution is 7.47. The summed E-state index contributed by atoms with van der Waals surface area (Å²) < 4.78 is 32.7. The third-order valence-electron chi connectivity index (χ3n) is 9.26. The van der Waals surface area contributed by atoms with E-state index in [2.05, 4.69) is 18.4 Å². The summed E-state index contributed by atoms with van der Waals surface area (Å²) in [5.41, 5.74) is 0. The van der Waals surface area contributed by atoms with Crippen LogP contribution in [0.25, 0.3) is 0 Å². The number of rotatable bonds is 40. The Hall–Kier alpha value is -1.03. The van der Waals surface area contributed by atoms with Gasteiger partial charge in [0.2, 0.25) is 0 Å². The maximum Gasteiger partial charge on any atom is 0.472 e. The fraction of sp³-hybridized carbons (Fsp3) is 0.950. The fourth-order valence-electron chi connectivity index (χ4n) is 5.99. The third-order valence-corrected chi connectivity index (χ3v) is 10.2. The van der Waals surface area contributed by atoms with E-state index in [0.29, 0.717) is 12.8 Å². The Bertz CT molecular complexity index is 827. The molecule has 0 aromatic carbocycles. The van der Waals surface area contributed by atoms with Crippen LogP contribution in [0, 0.1) is 0 Å². The minimum Gasteiger partial charge on any atom is -0.462 e. The Labute approximate surface area is 312 Å². The second-order valence-electron chi connectivity index (χ2n) is 14.4. The fourth-order valence-corrected chi connectivity index (χ4v) is 6.78. The molecule has 0 amide bonds. The largest absolute Gasteiger partial charge is 0.472 e. The topological polar surface area (TPSA) is 149 Å². The van der Waals surface area contributed by atoms with E-state index in [4.69, 9.17) is 19.1 Å². The number of phosphoric ester groups is 1. The van der Waals surface area contributed by atoms with Gasteiger partial charge in [-0.05, 0) is 12.8 Å². The summed E-state index contributed by atoms with van der Waals surface area (Å²) in [5.74, 6) is -0.911. The molecule has 0 fully saturated rings. The zero-order valence-electron chi connectivity index (χ0n) is 32.8. The van der Waals surface area contributed by atoms with Gasteiger partial charge in [-0.2, -0.15) is 0 Å². The van der Waals surface area contributed by atoms with Crippen LogP contribution in [-0.4, -0.2) is 65.7 Å². The highest BCUT2D eigenvalue weighted by Crippen LogP contribution is 2.43. The summed E-state index contributed by atoms with van der Waals surface area (Å²) in [5, 5.41) is 18.3. The molecular formula is C40H79O10P. The van der Waals surface area contributed by atoms with E-state index in [1.54, 1.807) is 0 Å². The number of ether oxygens (including phenoxy) is 2. The normalized spacial score (nSPS) is 13.9. The van der Waals surface area contributed by atoms with Crippen molar-refractivity contribution in [2.75, 3.05) is 26.4 Å². The number of unbranched alkanes of at least 4 members (excludes halogenated alkanes) is 26. The average molecular weight is 751 g/mol. The summed E-state index contributed by atoms with van der Waals surface area (Å²) in [6.45, 7) is 2.41. The van der Waals surface area contributed by atoms with Gasteiger partial charge in [0.05, 0.1) is 19.8 Å². The number of hydrogen-bond donors (Lipinski definition) is 3. The van der Waals surface area contributed by atoms with E-state index in [1.165, 1.54) is 128 Å². The van der Waals surface area contributed by atoms with Crippen molar-refractivity contribution >= 4 is 19.8 Å². The molecule has 10 nitrogen and oxygen atoms in total. The van der Waals surface area contributed by atoms with Crippen LogP contribution in [0.4, 0.5) is 0 Å². The molecule has 11 heteroatoms. The van der Waals surface area contributed by atoms with Crippen LogP contribution >= 0.6 is 7.82 Å². The van der Waals surface area contributed by atoms with Gasteiger partial charge in [-0.3, -0.25) is 18.6 Å². The molecule has 0 heterocycles. The smallest absolute Gasteiger partial charge is 0.462 e. The first-order chi connectivity index (χ1) is 24.7. The van der Waals surface area contributed by atoms with Crippen molar-refractivity contribution in [3.05, 3.63) is 0 Å². The minimum absolute atomic E-state index is 0.192. The molecule has 0 spiro atoms. The van der Waals surface area contributed by atoms with Crippen molar-refractivity contribution in [1.82, 2.24) is 0 Å². The number of carbonyl (C=O) groups excluding carboxylic acids is 2. The maximum absolute atomic E-state index is 12.6. The predicted octanol–water partition coefficient (Wildman–Crippen LogP) is 10.7. The lowest BCUT2D eigenvalue weighted by molar-refractivity contribution is -0.161. The van der Waals surface area contributed by atoms with Crippen molar-refractivity contribution in [2.45, 2.75) is 219 Å². The van der Waals surface area contributed by atoms with Crippen LogP contribution < -0.4 is 0 Å². The first-order valence-corrected chi connectivity index (χ1v) is 22.5. The molecule has 0 aliphatic heterocycles. The molecule has 304 valence electrons. The van der Waals surface area contributed by atoms with Gasteiger partial charge in [-0.15, -0.1) is 0 Å².